The number of hydrogen-bond acceptors (Lipinski definition) is 5. The van der Waals surface area contributed by atoms with Crippen molar-refractivity contribution < 1.29 is 36.6 Å². The first-order valence-electron chi connectivity index (χ1n) is 11.5. The fourth-order valence-corrected chi connectivity index (χ4v) is 4.79. The van der Waals surface area contributed by atoms with Crippen LogP contribution in [0.5, 0.6) is 5.75 Å². The molecule has 2 aromatic rings. The van der Waals surface area contributed by atoms with Crippen molar-refractivity contribution >= 4 is 6.09 Å². The van der Waals surface area contributed by atoms with E-state index in [0.717, 1.165) is 18.5 Å². The number of nitrogens with zero attached hydrogens (tertiary/aromatic N) is 2. The molecule has 0 bridgehead atoms. The number of hydrogen-bond donors (Lipinski definition) is 0. The van der Waals surface area contributed by atoms with Crippen LogP contribution in [-0.2, 0) is 16.1 Å². The van der Waals surface area contributed by atoms with E-state index in [0.29, 0.717) is 37.2 Å². The molecule has 1 saturated carbocycles. The number of pyridine rings is 1. The topological polar surface area (TPSA) is 60.9 Å². The zero-order valence-electron chi connectivity index (χ0n) is 19.4. The van der Waals surface area contributed by atoms with Gasteiger partial charge in [-0.25, -0.2) is 9.18 Å². The summed E-state index contributed by atoms with van der Waals surface area (Å²) in [6.45, 7) is -0.171. The first-order chi connectivity index (χ1) is 16.7. The molecule has 1 atom stereocenters. The smallest absolute Gasteiger partial charge is 0.427 e. The Morgan fingerprint density at radius 3 is 2.40 bits per heavy atom. The second kappa shape index (κ2) is 10.4. The highest BCUT2D eigenvalue weighted by Crippen LogP contribution is 2.56. The predicted octanol–water partition coefficient (Wildman–Crippen LogP) is 5.47. The number of benzene rings is 1. The number of likely N-dealkylation sites (tertiary alicyclic amines) is 1. The number of aromatic nitrogens is 1. The fraction of sp³-hybridized carbons (Fsp3) is 0.520. The van der Waals surface area contributed by atoms with Crippen LogP contribution >= 0.6 is 0 Å². The lowest BCUT2D eigenvalue weighted by atomic mass is 9.57. The SMILES string of the molecule is COc1ccc(COC[C@@H](OC(=O)N2CCC3(CC2)CC(c2ccc(F)cn2)C3)C(F)(F)F)cc1. The Morgan fingerprint density at radius 2 is 1.83 bits per heavy atom. The van der Waals surface area contributed by atoms with Gasteiger partial charge >= 0.3 is 12.3 Å². The number of methoxy groups -OCH3 is 1. The highest BCUT2D eigenvalue weighted by molar-refractivity contribution is 5.68. The van der Waals surface area contributed by atoms with Crippen LogP contribution in [0.4, 0.5) is 22.4 Å². The van der Waals surface area contributed by atoms with Gasteiger partial charge in [-0.1, -0.05) is 12.1 Å². The van der Waals surface area contributed by atoms with Crippen LogP contribution in [0.3, 0.4) is 0 Å². The number of rotatable bonds is 7. The molecule has 0 N–H and O–H groups in total. The van der Waals surface area contributed by atoms with Gasteiger partial charge in [0.2, 0.25) is 6.10 Å². The summed E-state index contributed by atoms with van der Waals surface area (Å²) in [5.41, 5.74) is 1.57. The number of amides is 1. The highest BCUT2D eigenvalue weighted by atomic mass is 19.4. The average molecular weight is 497 g/mol. The van der Waals surface area contributed by atoms with Gasteiger partial charge in [0.15, 0.2) is 0 Å². The standard InChI is InChI=1S/C25H28F4N2O4/c1-33-20-5-2-17(3-6-20)15-34-16-22(25(27,28)29)35-23(32)31-10-8-24(9-11-31)12-18(13-24)21-7-4-19(26)14-30-21/h2-7,14,18,22H,8-13,15-16H2,1H3/t22-/m1/s1. The van der Waals surface area contributed by atoms with Crippen LogP contribution in [-0.4, -0.2) is 55.1 Å². The zero-order valence-corrected chi connectivity index (χ0v) is 19.4. The van der Waals surface area contributed by atoms with Crippen molar-refractivity contribution in [3.8, 4) is 5.75 Å². The van der Waals surface area contributed by atoms with Crippen molar-refractivity contribution in [2.24, 2.45) is 5.41 Å². The molecule has 35 heavy (non-hydrogen) atoms. The molecule has 1 amide bonds. The largest absolute Gasteiger partial charge is 0.497 e. The van der Waals surface area contributed by atoms with Crippen LogP contribution in [0, 0.1) is 11.2 Å². The van der Waals surface area contributed by atoms with Gasteiger partial charge in [0, 0.05) is 24.7 Å². The monoisotopic (exact) mass is 496 g/mol. The quantitative estimate of drug-likeness (QED) is 0.476. The molecule has 2 aliphatic rings. The molecule has 1 aromatic heterocycles. The number of halogens is 4. The van der Waals surface area contributed by atoms with Gasteiger partial charge in [0.05, 0.1) is 26.5 Å². The molecule has 190 valence electrons. The van der Waals surface area contributed by atoms with Gasteiger partial charge in [-0.15, -0.1) is 0 Å². The molecule has 1 spiro atoms. The van der Waals surface area contributed by atoms with Crippen LogP contribution < -0.4 is 4.74 Å². The number of carbonyl (C=O) groups excluding carboxylic acids is 1. The summed E-state index contributed by atoms with van der Waals surface area (Å²) in [4.78, 5) is 18.0. The normalized spacial score (nSPS) is 18.7. The highest BCUT2D eigenvalue weighted by Gasteiger charge is 2.48. The molecule has 4 rings (SSSR count). The first-order valence-corrected chi connectivity index (χ1v) is 11.5. The van der Waals surface area contributed by atoms with E-state index in [4.69, 9.17) is 14.2 Å². The molecule has 1 aromatic carbocycles. The number of carbonyl (C=O) groups is 1. The summed E-state index contributed by atoms with van der Waals surface area (Å²) in [6, 6.07) is 9.83. The van der Waals surface area contributed by atoms with E-state index in [2.05, 4.69) is 4.98 Å². The van der Waals surface area contributed by atoms with Crippen molar-refractivity contribution in [3.05, 3.63) is 59.7 Å². The van der Waals surface area contributed by atoms with Gasteiger partial charge in [-0.3, -0.25) is 4.98 Å². The van der Waals surface area contributed by atoms with Gasteiger partial charge in [-0.05, 0) is 60.9 Å². The van der Waals surface area contributed by atoms with Crippen molar-refractivity contribution in [1.82, 2.24) is 9.88 Å². The molecule has 10 heteroatoms. The number of ether oxygens (including phenoxy) is 3. The Bertz CT molecular complexity index is 982. The molecule has 0 unspecified atom stereocenters. The first kappa shape index (κ1) is 25.2. The summed E-state index contributed by atoms with van der Waals surface area (Å²) in [7, 11) is 1.52. The Hall–Kier alpha value is -2.88. The maximum absolute atomic E-state index is 13.5. The Labute approximate surface area is 201 Å². The second-order valence-electron chi connectivity index (χ2n) is 9.27. The van der Waals surface area contributed by atoms with E-state index in [1.165, 1.54) is 24.3 Å². The van der Waals surface area contributed by atoms with E-state index < -0.39 is 25.0 Å². The molecule has 0 radical (unpaired) electrons. The second-order valence-corrected chi connectivity index (χ2v) is 9.27. The minimum atomic E-state index is -4.74. The Morgan fingerprint density at radius 1 is 1.14 bits per heavy atom. The lowest BCUT2D eigenvalue weighted by Crippen LogP contribution is -2.50. The minimum absolute atomic E-state index is 0.0441. The molecule has 1 aliphatic heterocycles. The van der Waals surface area contributed by atoms with Gasteiger partial charge in [-0.2, -0.15) is 13.2 Å². The molecular weight excluding hydrogens is 468 g/mol. The third-order valence-electron chi connectivity index (χ3n) is 6.91. The summed E-state index contributed by atoms with van der Waals surface area (Å²) in [6.07, 6.45) is -3.74. The molecule has 6 nitrogen and oxygen atoms in total. The number of alkyl halides is 3. The van der Waals surface area contributed by atoms with Crippen molar-refractivity contribution in [1.29, 1.82) is 0 Å². The van der Waals surface area contributed by atoms with Crippen molar-refractivity contribution in [3.63, 3.8) is 0 Å². The lowest BCUT2D eigenvalue weighted by molar-refractivity contribution is -0.220. The van der Waals surface area contributed by atoms with E-state index >= 15 is 0 Å². The summed E-state index contributed by atoms with van der Waals surface area (Å²) in [5, 5.41) is 0. The van der Waals surface area contributed by atoms with Crippen LogP contribution in [0.2, 0.25) is 0 Å². The molecular formula is C25H28F4N2O4. The minimum Gasteiger partial charge on any atom is -0.497 e. The van der Waals surface area contributed by atoms with E-state index in [-0.39, 0.29) is 23.8 Å². The molecule has 2 heterocycles. The van der Waals surface area contributed by atoms with Crippen LogP contribution in [0.15, 0.2) is 42.6 Å². The van der Waals surface area contributed by atoms with E-state index in [1.54, 1.807) is 30.3 Å². The average Bonchev–Trinajstić information content (AvgIpc) is 2.82. The van der Waals surface area contributed by atoms with E-state index in [1.807, 2.05) is 0 Å². The van der Waals surface area contributed by atoms with E-state index in [9.17, 15) is 22.4 Å². The maximum Gasteiger partial charge on any atom is 0.427 e. The Balaban J connectivity index is 1.24. The summed E-state index contributed by atoms with van der Waals surface area (Å²) >= 11 is 0. The third-order valence-corrected chi connectivity index (χ3v) is 6.91. The van der Waals surface area contributed by atoms with Crippen molar-refractivity contribution in [2.45, 2.75) is 50.5 Å². The third kappa shape index (κ3) is 6.22. The maximum atomic E-state index is 13.5. The fourth-order valence-electron chi connectivity index (χ4n) is 4.79. The molecule has 2 fully saturated rings. The summed E-state index contributed by atoms with van der Waals surface area (Å²) < 4.78 is 68.6. The van der Waals surface area contributed by atoms with Gasteiger partial charge in [0.1, 0.15) is 11.6 Å². The summed E-state index contributed by atoms with van der Waals surface area (Å²) in [5.74, 6) is 0.494. The number of piperidine rings is 1. The van der Waals surface area contributed by atoms with Gasteiger partial charge < -0.3 is 19.1 Å². The predicted molar refractivity (Wildman–Crippen MR) is 118 cm³/mol. The van der Waals surface area contributed by atoms with Crippen LogP contribution in [0.25, 0.3) is 0 Å². The molecule has 1 aliphatic carbocycles. The molecule has 1 saturated heterocycles. The Kier molecular flexibility index (Phi) is 7.49. The lowest BCUT2D eigenvalue weighted by Gasteiger charge is -2.52. The van der Waals surface area contributed by atoms with Crippen molar-refractivity contribution in [2.75, 3.05) is 26.8 Å². The van der Waals surface area contributed by atoms with Crippen LogP contribution in [0.1, 0.15) is 42.9 Å². The zero-order chi connectivity index (χ0) is 25.1. The van der Waals surface area contributed by atoms with Gasteiger partial charge in [0.25, 0.3) is 0 Å².